The van der Waals surface area contributed by atoms with Gasteiger partial charge in [0, 0.05) is 36.2 Å². The molecule has 0 radical (unpaired) electrons. The monoisotopic (exact) mass is 368 g/mol. The molecule has 1 amide bonds. The third kappa shape index (κ3) is 3.83. The van der Waals surface area contributed by atoms with Gasteiger partial charge in [0.2, 0.25) is 0 Å². The molecule has 0 aliphatic carbocycles. The quantitative estimate of drug-likeness (QED) is 0.531. The van der Waals surface area contributed by atoms with Crippen molar-refractivity contribution in [2.45, 2.75) is 13.5 Å². The van der Waals surface area contributed by atoms with Crippen molar-refractivity contribution >= 4 is 28.2 Å². The molecule has 2 N–H and O–H groups in total. The number of anilines is 2. The van der Waals surface area contributed by atoms with E-state index in [0.29, 0.717) is 17.9 Å². The Morgan fingerprint density at radius 1 is 0.964 bits per heavy atom. The molecule has 5 nitrogen and oxygen atoms in total. The largest absolute Gasteiger partial charge is 0.380 e. The third-order valence-electron chi connectivity index (χ3n) is 4.65. The zero-order chi connectivity index (χ0) is 19.3. The maximum Gasteiger partial charge on any atom is 0.258 e. The van der Waals surface area contributed by atoms with E-state index < -0.39 is 0 Å². The molecular formula is C23H20N4O. The van der Waals surface area contributed by atoms with Crippen molar-refractivity contribution in [3.63, 3.8) is 0 Å². The molecule has 0 saturated carbocycles. The van der Waals surface area contributed by atoms with Gasteiger partial charge in [-0.3, -0.25) is 9.78 Å². The van der Waals surface area contributed by atoms with Crippen molar-refractivity contribution in [2.24, 2.45) is 0 Å². The predicted molar refractivity (Wildman–Crippen MR) is 112 cm³/mol. The van der Waals surface area contributed by atoms with Crippen LogP contribution < -0.4 is 10.6 Å². The van der Waals surface area contributed by atoms with Gasteiger partial charge in [0.1, 0.15) is 5.82 Å². The number of nitrogens with one attached hydrogen (secondary N) is 2. The number of pyridine rings is 2. The van der Waals surface area contributed by atoms with E-state index in [1.807, 2.05) is 67.7 Å². The highest BCUT2D eigenvalue weighted by Crippen LogP contribution is 2.20. The van der Waals surface area contributed by atoms with Gasteiger partial charge in [-0.25, -0.2) is 4.98 Å². The van der Waals surface area contributed by atoms with Gasteiger partial charge in [-0.05, 0) is 47.7 Å². The van der Waals surface area contributed by atoms with E-state index in [4.69, 9.17) is 0 Å². The number of carbonyl (C=O) groups excluding carboxylic acids is 1. The summed E-state index contributed by atoms with van der Waals surface area (Å²) in [7, 11) is 0. The van der Waals surface area contributed by atoms with Crippen molar-refractivity contribution in [1.29, 1.82) is 0 Å². The molecule has 0 atom stereocenters. The Kier molecular flexibility index (Phi) is 4.97. The Labute approximate surface area is 163 Å². The highest BCUT2D eigenvalue weighted by Gasteiger charge is 2.12. The summed E-state index contributed by atoms with van der Waals surface area (Å²) in [5.41, 5.74) is 3.60. The summed E-state index contributed by atoms with van der Waals surface area (Å²) in [5.74, 6) is 0.334. The van der Waals surface area contributed by atoms with Crippen LogP contribution in [0.1, 0.15) is 21.5 Å². The maximum atomic E-state index is 12.8. The molecule has 0 saturated heterocycles. The number of hydrogen-bond donors (Lipinski definition) is 2. The number of aryl methyl sites for hydroxylation is 1. The van der Waals surface area contributed by atoms with Gasteiger partial charge in [-0.15, -0.1) is 0 Å². The highest BCUT2D eigenvalue weighted by molar-refractivity contribution is 6.08. The summed E-state index contributed by atoms with van der Waals surface area (Å²) in [6.45, 7) is 2.64. The summed E-state index contributed by atoms with van der Waals surface area (Å²) in [6.07, 6.45) is 5.37. The number of aromatic nitrogens is 2. The molecule has 2 aromatic carbocycles. The van der Waals surface area contributed by atoms with Crippen LogP contribution in [0.4, 0.5) is 11.5 Å². The fraction of sp³-hybridized carbons (Fsp3) is 0.0870. The fourth-order valence-electron chi connectivity index (χ4n) is 3.06. The van der Waals surface area contributed by atoms with Gasteiger partial charge >= 0.3 is 0 Å². The lowest BCUT2D eigenvalue weighted by atomic mass is 10.1. The molecule has 0 aliphatic heterocycles. The molecule has 2 heterocycles. The van der Waals surface area contributed by atoms with Crippen LogP contribution in [0.15, 0.2) is 79.3 Å². The Morgan fingerprint density at radius 3 is 2.61 bits per heavy atom. The normalized spacial score (nSPS) is 10.6. The summed E-state index contributed by atoms with van der Waals surface area (Å²) in [6, 6.07) is 19.2. The van der Waals surface area contributed by atoms with E-state index >= 15 is 0 Å². The lowest BCUT2D eigenvalue weighted by Gasteiger charge is -2.13. The van der Waals surface area contributed by atoms with Gasteiger partial charge in [-0.1, -0.05) is 36.4 Å². The first kappa shape index (κ1) is 17.7. The van der Waals surface area contributed by atoms with Crippen LogP contribution in [0.2, 0.25) is 0 Å². The van der Waals surface area contributed by atoms with E-state index in [0.717, 1.165) is 27.6 Å². The second kappa shape index (κ2) is 7.88. The van der Waals surface area contributed by atoms with Crippen molar-refractivity contribution in [2.75, 3.05) is 10.6 Å². The standard InChI is InChI=1S/C23H20N4O/c1-16-13-24-11-10-18(16)14-25-21-9-5-4-8-20(21)23(28)27-22-12-17-6-2-3-7-19(17)15-26-22/h2-13,15,25H,14H2,1H3,(H,26,27,28). The number of carbonyl (C=O) groups is 1. The second-order valence-corrected chi connectivity index (χ2v) is 6.57. The molecule has 0 bridgehead atoms. The number of rotatable bonds is 5. The molecule has 0 spiro atoms. The van der Waals surface area contributed by atoms with E-state index in [2.05, 4.69) is 20.6 Å². The summed E-state index contributed by atoms with van der Waals surface area (Å²) < 4.78 is 0. The molecule has 138 valence electrons. The molecule has 4 aromatic rings. The minimum Gasteiger partial charge on any atom is -0.380 e. The Morgan fingerprint density at radius 2 is 1.75 bits per heavy atom. The minimum absolute atomic E-state index is 0.197. The summed E-state index contributed by atoms with van der Waals surface area (Å²) in [5, 5.41) is 8.33. The third-order valence-corrected chi connectivity index (χ3v) is 4.65. The van der Waals surface area contributed by atoms with Crippen LogP contribution in [-0.4, -0.2) is 15.9 Å². The van der Waals surface area contributed by atoms with E-state index in [1.54, 1.807) is 18.5 Å². The van der Waals surface area contributed by atoms with Crippen LogP contribution in [0.5, 0.6) is 0 Å². The molecule has 2 aromatic heterocycles. The number of hydrogen-bond acceptors (Lipinski definition) is 4. The van der Waals surface area contributed by atoms with E-state index in [1.165, 1.54) is 0 Å². The number of para-hydroxylation sites is 1. The van der Waals surface area contributed by atoms with E-state index in [-0.39, 0.29) is 5.91 Å². The number of fused-ring (bicyclic) bond motifs is 1. The Bertz CT molecular complexity index is 1140. The number of nitrogens with zero attached hydrogens (tertiary/aromatic N) is 2. The molecule has 0 aliphatic rings. The smallest absolute Gasteiger partial charge is 0.258 e. The van der Waals surface area contributed by atoms with Crippen LogP contribution in [0.3, 0.4) is 0 Å². The van der Waals surface area contributed by atoms with Gasteiger partial charge in [-0.2, -0.15) is 0 Å². The summed E-state index contributed by atoms with van der Waals surface area (Å²) in [4.78, 5) is 21.3. The van der Waals surface area contributed by atoms with Crippen LogP contribution in [-0.2, 0) is 6.54 Å². The minimum atomic E-state index is -0.197. The van der Waals surface area contributed by atoms with Crippen LogP contribution >= 0.6 is 0 Å². The zero-order valence-electron chi connectivity index (χ0n) is 15.5. The average molecular weight is 368 g/mol. The molecule has 0 unspecified atom stereocenters. The number of amides is 1. The zero-order valence-corrected chi connectivity index (χ0v) is 15.5. The first-order valence-corrected chi connectivity index (χ1v) is 9.09. The summed E-state index contributed by atoms with van der Waals surface area (Å²) >= 11 is 0. The highest BCUT2D eigenvalue weighted by atomic mass is 16.1. The van der Waals surface area contributed by atoms with Gasteiger partial charge in [0.25, 0.3) is 5.91 Å². The van der Waals surface area contributed by atoms with Crippen LogP contribution in [0, 0.1) is 6.92 Å². The van der Waals surface area contributed by atoms with Crippen molar-refractivity contribution in [3.8, 4) is 0 Å². The molecule has 5 heteroatoms. The van der Waals surface area contributed by atoms with Crippen molar-refractivity contribution in [1.82, 2.24) is 9.97 Å². The van der Waals surface area contributed by atoms with Crippen molar-refractivity contribution in [3.05, 3.63) is 95.9 Å². The van der Waals surface area contributed by atoms with Crippen LogP contribution in [0.25, 0.3) is 10.8 Å². The topological polar surface area (TPSA) is 66.9 Å². The molecule has 28 heavy (non-hydrogen) atoms. The van der Waals surface area contributed by atoms with E-state index in [9.17, 15) is 4.79 Å². The first-order chi connectivity index (χ1) is 13.7. The lowest BCUT2D eigenvalue weighted by Crippen LogP contribution is -2.15. The SMILES string of the molecule is Cc1cnccc1CNc1ccccc1C(=O)Nc1cc2ccccc2cn1. The molecular weight excluding hydrogens is 348 g/mol. The second-order valence-electron chi connectivity index (χ2n) is 6.57. The van der Waals surface area contributed by atoms with Gasteiger partial charge < -0.3 is 10.6 Å². The Balaban J connectivity index is 1.53. The molecule has 0 fully saturated rings. The molecule has 4 rings (SSSR count). The predicted octanol–water partition coefficient (Wildman–Crippen LogP) is 4.80. The first-order valence-electron chi connectivity index (χ1n) is 9.09. The van der Waals surface area contributed by atoms with Gasteiger partial charge in [0.05, 0.1) is 5.56 Å². The Hall–Kier alpha value is -3.73. The lowest BCUT2D eigenvalue weighted by molar-refractivity contribution is 0.102. The maximum absolute atomic E-state index is 12.8. The number of benzene rings is 2. The average Bonchev–Trinajstić information content (AvgIpc) is 2.73. The van der Waals surface area contributed by atoms with Crippen molar-refractivity contribution < 1.29 is 4.79 Å². The fourth-order valence-corrected chi connectivity index (χ4v) is 3.06. The van der Waals surface area contributed by atoms with Gasteiger partial charge in [0.15, 0.2) is 0 Å².